The maximum atomic E-state index is 12.4. The van der Waals surface area contributed by atoms with Crippen LogP contribution in [0.25, 0.3) is 0 Å². The number of nitrogens with one attached hydrogen (secondary N) is 1. The zero-order valence-electron chi connectivity index (χ0n) is 15.3. The van der Waals surface area contributed by atoms with Gasteiger partial charge in [-0.25, -0.2) is 13.1 Å². The lowest BCUT2D eigenvalue weighted by atomic mass is 10.3. The summed E-state index contributed by atoms with van der Waals surface area (Å²) in [5.41, 5.74) is 0. The van der Waals surface area contributed by atoms with Gasteiger partial charge in [0.15, 0.2) is 0 Å². The minimum absolute atomic E-state index is 0.0342. The van der Waals surface area contributed by atoms with Gasteiger partial charge in [-0.05, 0) is 42.6 Å². The van der Waals surface area contributed by atoms with Crippen LogP contribution in [0.2, 0.25) is 0 Å². The minimum Gasteiger partial charge on any atom is -0.494 e. The topological polar surface area (TPSA) is 75.7 Å². The average Bonchev–Trinajstić information content (AvgIpc) is 3.15. The van der Waals surface area contributed by atoms with Gasteiger partial charge in [0.05, 0.1) is 18.0 Å². The molecule has 0 fully saturated rings. The number of hydrogen-bond donors (Lipinski definition) is 1. The van der Waals surface area contributed by atoms with Gasteiger partial charge in [0.25, 0.3) is 0 Å². The van der Waals surface area contributed by atoms with Crippen molar-refractivity contribution in [1.82, 2.24) is 9.62 Å². The van der Waals surface area contributed by atoms with Gasteiger partial charge in [-0.1, -0.05) is 12.1 Å². The van der Waals surface area contributed by atoms with E-state index in [0.29, 0.717) is 25.4 Å². The molecule has 2 aromatic rings. The summed E-state index contributed by atoms with van der Waals surface area (Å²) in [7, 11) is -3.67. The lowest BCUT2D eigenvalue weighted by Crippen LogP contribution is -2.34. The summed E-state index contributed by atoms with van der Waals surface area (Å²) in [6.07, 6.45) is 1.74. The van der Waals surface area contributed by atoms with Gasteiger partial charge in [-0.2, -0.15) is 0 Å². The molecule has 1 amide bonds. The Hall–Kier alpha value is -2.16. The quantitative estimate of drug-likeness (QED) is 0.580. The van der Waals surface area contributed by atoms with Gasteiger partial charge >= 0.3 is 0 Å². The number of hydrogen-bond acceptors (Lipinski definition) is 5. The first-order valence-corrected chi connectivity index (χ1v) is 11.0. The molecule has 0 spiro atoms. The number of amides is 1. The van der Waals surface area contributed by atoms with Crippen LogP contribution in [0.3, 0.4) is 0 Å². The number of benzene rings is 1. The Labute approximate surface area is 164 Å². The third-order valence-electron chi connectivity index (χ3n) is 3.70. The molecule has 8 heteroatoms. The number of rotatable bonds is 11. The van der Waals surface area contributed by atoms with Crippen LogP contribution < -0.4 is 9.46 Å². The van der Waals surface area contributed by atoms with E-state index >= 15 is 0 Å². The predicted octanol–water partition coefficient (Wildman–Crippen LogP) is 3.03. The third kappa shape index (κ3) is 6.50. The summed E-state index contributed by atoms with van der Waals surface area (Å²) in [5, 5.41) is 1.96. The van der Waals surface area contributed by atoms with E-state index in [1.807, 2.05) is 24.4 Å². The second-order valence-electron chi connectivity index (χ2n) is 5.69. The number of carbonyl (C=O) groups is 1. The Morgan fingerprint density at radius 2 is 2.04 bits per heavy atom. The van der Waals surface area contributed by atoms with E-state index in [-0.39, 0.29) is 23.8 Å². The number of sulfonamides is 1. The molecule has 0 saturated carbocycles. The van der Waals surface area contributed by atoms with E-state index in [0.717, 1.165) is 4.88 Å². The lowest BCUT2D eigenvalue weighted by Gasteiger charge is -2.20. The highest BCUT2D eigenvalue weighted by Crippen LogP contribution is 2.16. The van der Waals surface area contributed by atoms with Crippen LogP contribution in [-0.2, 0) is 21.4 Å². The molecule has 1 N–H and O–H groups in total. The Morgan fingerprint density at radius 3 is 2.63 bits per heavy atom. The maximum absolute atomic E-state index is 12.4. The Bertz CT molecular complexity index is 831. The van der Waals surface area contributed by atoms with Crippen molar-refractivity contribution in [2.75, 3.05) is 19.7 Å². The second kappa shape index (κ2) is 10.2. The van der Waals surface area contributed by atoms with Crippen LogP contribution in [0.15, 0.2) is 59.3 Å². The summed E-state index contributed by atoms with van der Waals surface area (Å²) in [6, 6.07) is 10.1. The minimum atomic E-state index is -3.67. The predicted molar refractivity (Wildman–Crippen MR) is 107 cm³/mol. The van der Waals surface area contributed by atoms with Crippen molar-refractivity contribution in [1.29, 1.82) is 0 Å². The number of ether oxygens (including phenoxy) is 1. The monoisotopic (exact) mass is 408 g/mol. The van der Waals surface area contributed by atoms with Crippen molar-refractivity contribution in [2.24, 2.45) is 0 Å². The number of nitrogens with zero attached hydrogens (tertiary/aromatic N) is 1. The van der Waals surface area contributed by atoms with Gasteiger partial charge in [-0.3, -0.25) is 4.79 Å². The SMILES string of the molecule is C=CCN(Cc1cccs1)C(=O)CCNS(=O)(=O)c1ccc(OCC)cc1. The molecule has 0 aliphatic heterocycles. The molecule has 0 atom stereocenters. The largest absolute Gasteiger partial charge is 0.494 e. The van der Waals surface area contributed by atoms with Crippen molar-refractivity contribution in [3.63, 3.8) is 0 Å². The fourth-order valence-corrected chi connectivity index (χ4v) is 4.17. The standard InChI is InChI=1S/C19H24N2O4S2/c1-3-13-21(15-17-6-5-14-26-17)19(22)11-12-20-27(23,24)18-9-7-16(8-10-18)25-4-2/h3,5-10,14,20H,1,4,11-13,15H2,2H3. The fourth-order valence-electron chi connectivity index (χ4n) is 2.42. The first kappa shape index (κ1) is 21.1. The fraction of sp³-hybridized carbons (Fsp3) is 0.316. The zero-order valence-corrected chi connectivity index (χ0v) is 16.9. The van der Waals surface area contributed by atoms with Crippen molar-refractivity contribution in [2.45, 2.75) is 24.8 Å². The van der Waals surface area contributed by atoms with E-state index in [1.165, 1.54) is 12.1 Å². The molecule has 0 aliphatic rings. The zero-order chi connectivity index (χ0) is 19.7. The van der Waals surface area contributed by atoms with Crippen LogP contribution in [-0.4, -0.2) is 38.9 Å². The third-order valence-corrected chi connectivity index (χ3v) is 6.04. The molecule has 6 nitrogen and oxygen atoms in total. The number of thiophene rings is 1. The van der Waals surface area contributed by atoms with Gasteiger partial charge < -0.3 is 9.64 Å². The van der Waals surface area contributed by atoms with Gasteiger partial charge in [-0.15, -0.1) is 17.9 Å². The van der Waals surface area contributed by atoms with E-state index in [9.17, 15) is 13.2 Å². The highest BCUT2D eigenvalue weighted by Gasteiger charge is 2.17. The highest BCUT2D eigenvalue weighted by molar-refractivity contribution is 7.89. The molecule has 1 aromatic carbocycles. The van der Waals surface area contributed by atoms with Crippen LogP contribution in [0.1, 0.15) is 18.2 Å². The van der Waals surface area contributed by atoms with Gasteiger partial charge in [0.2, 0.25) is 15.9 Å². The summed E-state index contributed by atoms with van der Waals surface area (Å²) >= 11 is 1.57. The number of carbonyl (C=O) groups excluding carboxylic acids is 1. The van der Waals surface area contributed by atoms with Crippen LogP contribution >= 0.6 is 11.3 Å². The summed E-state index contributed by atoms with van der Waals surface area (Å²) in [5.74, 6) is 0.484. The normalized spacial score (nSPS) is 11.1. The van der Waals surface area contributed by atoms with Crippen molar-refractivity contribution < 1.29 is 17.9 Å². The molecule has 1 aromatic heterocycles. The second-order valence-corrected chi connectivity index (χ2v) is 8.49. The molecule has 1 heterocycles. The van der Waals surface area contributed by atoms with E-state index < -0.39 is 10.0 Å². The van der Waals surface area contributed by atoms with Crippen molar-refractivity contribution in [3.8, 4) is 5.75 Å². The van der Waals surface area contributed by atoms with E-state index in [4.69, 9.17) is 4.74 Å². The molecule has 146 valence electrons. The molecule has 0 saturated heterocycles. The summed E-state index contributed by atoms with van der Waals surface area (Å²) in [4.78, 5) is 15.3. The molecule has 0 bridgehead atoms. The van der Waals surface area contributed by atoms with Gasteiger partial charge in [0, 0.05) is 24.4 Å². The molecule has 0 unspecified atom stereocenters. The van der Waals surface area contributed by atoms with Crippen molar-refractivity contribution in [3.05, 3.63) is 59.3 Å². The Balaban J connectivity index is 1.90. The van der Waals surface area contributed by atoms with Crippen LogP contribution in [0.4, 0.5) is 0 Å². The summed E-state index contributed by atoms with van der Waals surface area (Å²) < 4.78 is 32.5. The molecule has 27 heavy (non-hydrogen) atoms. The first-order valence-electron chi connectivity index (χ1n) is 8.60. The lowest BCUT2D eigenvalue weighted by molar-refractivity contribution is -0.131. The molecule has 0 aliphatic carbocycles. The first-order chi connectivity index (χ1) is 13.0. The van der Waals surface area contributed by atoms with E-state index in [2.05, 4.69) is 11.3 Å². The van der Waals surface area contributed by atoms with Crippen molar-refractivity contribution >= 4 is 27.3 Å². The summed E-state index contributed by atoms with van der Waals surface area (Å²) in [6.45, 7) is 7.00. The van der Waals surface area contributed by atoms with Crippen LogP contribution in [0, 0.1) is 0 Å². The maximum Gasteiger partial charge on any atom is 0.240 e. The highest BCUT2D eigenvalue weighted by atomic mass is 32.2. The molecule has 0 radical (unpaired) electrons. The Kier molecular flexibility index (Phi) is 8.02. The van der Waals surface area contributed by atoms with E-state index in [1.54, 1.807) is 34.4 Å². The molecule has 2 rings (SSSR count). The average molecular weight is 409 g/mol. The Morgan fingerprint density at radius 1 is 1.30 bits per heavy atom. The van der Waals surface area contributed by atoms with Crippen LogP contribution in [0.5, 0.6) is 5.75 Å². The molecular formula is C19H24N2O4S2. The molecular weight excluding hydrogens is 384 g/mol. The van der Waals surface area contributed by atoms with Gasteiger partial charge in [0.1, 0.15) is 5.75 Å². The smallest absolute Gasteiger partial charge is 0.240 e.